The van der Waals surface area contributed by atoms with Crippen LogP contribution < -0.4 is 0 Å². The Morgan fingerprint density at radius 3 is 3.19 bits per heavy atom. The molecule has 1 aliphatic heterocycles. The summed E-state index contributed by atoms with van der Waals surface area (Å²) in [5.74, 6) is 0.975. The Kier molecular flexibility index (Phi) is 2.65. The molecule has 0 N–H and O–H groups in total. The molecule has 0 amide bonds. The van der Waals surface area contributed by atoms with Crippen molar-refractivity contribution < 1.29 is 4.74 Å². The van der Waals surface area contributed by atoms with E-state index >= 15 is 0 Å². The molecular weight excluding hydrogens is 270 g/mol. The molecule has 1 unspecified atom stereocenters. The van der Waals surface area contributed by atoms with Gasteiger partial charge in [-0.05, 0) is 40.9 Å². The van der Waals surface area contributed by atoms with Crippen molar-refractivity contribution in [1.29, 1.82) is 0 Å². The Morgan fingerprint density at radius 1 is 1.44 bits per heavy atom. The summed E-state index contributed by atoms with van der Waals surface area (Å²) in [5, 5.41) is 8.35. The van der Waals surface area contributed by atoms with E-state index in [2.05, 4.69) is 26.1 Å². The lowest BCUT2D eigenvalue weighted by Gasteiger charge is -2.07. The lowest BCUT2D eigenvalue weighted by Crippen LogP contribution is -2.11. The third kappa shape index (κ3) is 1.85. The fourth-order valence-electron chi connectivity index (χ4n) is 2.06. The van der Waals surface area contributed by atoms with Crippen LogP contribution in [0.5, 0.6) is 0 Å². The number of rotatable bonds is 2. The molecule has 0 aromatic carbocycles. The van der Waals surface area contributed by atoms with E-state index in [1.54, 1.807) is 0 Å². The molecule has 1 fully saturated rings. The van der Waals surface area contributed by atoms with Gasteiger partial charge in [-0.2, -0.15) is 0 Å². The second-order valence-corrected chi connectivity index (χ2v) is 4.95. The smallest absolute Gasteiger partial charge is 0.160 e. The van der Waals surface area contributed by atoms with Crippen LogP contribution in [0.15, 0.2) is 22.8 Å². The molecular formula is C11H12BrN3O. The third-order valence-electron chi connectivity index (χ3n) is 2.87. The molecule has 1 saturated heterocycles. The molecule has 1 aliphatic rings. The van der Waals surface area contributed by atoms with Gasteiger partial charge in [0.1, 0.15) is 5.82 Å². The Bertz CT molecular complexity index is 505. The van der Waals surface area contributed by atoms with Gasteiger partial charge in [0, 0.05) is 23.7 Å². The minimum atomic E-state index is 0.311. The van der Waals surface area contributed by atoms with Crippen LogP contribution in [0.1, 0.15) is 18.7 Å². The number of halogens is 1. The van der Waals surface area contributed by atoms with E-state index in [4.69, 9.17) is 4.74 Å². The quantitative estimate of drug-likeness (QED) is 0.847. The largest absolute Gasteiger partial charge is 0.378 e. The standard InChI is InChI=1S/C11H12BrN3O/c12-8-3-4-10-13-14-11(15(10)7-8)6-9-2-1-5-16-9/h3-4,7,9H,1-2,5-6H2. The Balaban J connectivity index is 1.93. The molecule has 0 saturated carbocycles. The topological polar surface area (TPSA) is 39.4 Å². The zero-order valence-electron chi connectivity index (χ0n) is 8.77. The second kappa shape index (κ2) is 4.14. The maximum atomic E-state index is 5.61. The SMILES string of the molecule is Brc1ccc2nnc(CC3CCCO3)n2c1. The molecule has 4 nitrogen and oxygen atoms in total. The molecule has 1 atom stereocenters. The first-order valence-corrected chi connectivity index (χ1v) is 6.23. The van der Waals surface area contributed by atoms with E-state index in [0.717, 1.165) is 41.8 Å². The van der Waals surface area contributed by atoms with Crippen molar-refractivity contribution in [2.45, 2.75) is 25.4 Å². The average Bonchev–Trinajstić information content (AvgIpc) is 2.90. The van der Waals surface area contributed by atoms with Gasteiger partial charge in [0.05, 0.1) is 6.10 Å². The number of hydrogen-bond donors (Lipinski definition) is 0. The van der Waals surface area contributed by atoms with Crippen molar-refractivity contribution in [3.8, 4) is 0 Å². The zero-order valence-corrected chi connectivity index (χ0v) is 10.4. The third-order valence-corrected chi connectivity index (χ3v) is 3.34. The number of fused-ring (bicyclic) bond motifs is 1. The highest BCUT2D eigenvalue weighted by molar-refractivity contribution is 9.10. The Hall–Kier alpha value is -0.940. The molecule has 0 spiro atoms. The van der Waals surface area contributed by atoms with Gasteiger partial charge in [0.2, 0.25) is 0 Å². The van der Waals surface area contributed by atoms with Crippen LogP contribution in [-0.2, 0) is 11.2 Å². The first-order valence-electron chi connectivity index (χ1n) is 5.44. The molecule has 0 aliphatic carbocycles. The van der Waals surface area contributed by atoms with E-state index in [-0.39, 0.29) is 0 Å². The van der Waals surface area contributed by atoms with Crippen LogP contribution in [0.3, 0.4) is 0 Å². The molecule has 5 heteroatoms. The lowest BCUT2D eigenvalue weighted by molar-refractivity contribution is 0.109. The number of nitrogens with zero attached hydrogens (tertiary/aromatic N) is 3. The molecule has 2 aromatic heterocycles. The molecule has 84 valence electrons. The van der Waals surface area contributed by atoms with Gasteiger partial charge in [-0.3, -0.25) is 4.40 Å². The summed E-state index contributed by atoms with van der Waals surface area (Å²) in [5.41, 5.74) is 0.885. The van der Waals surface area contributed by atoms with Gasteiger partial charge < -0.3 is 4.74 Å². The summed E-state index contributed by atoms with van der Waals surface area (Å²) < 4.78 is 8.67. The van der Waals surface area contributed by atoms with E-state index in [1.807, 2.05) is 22.7 Å². The van der Waals surface area contributed by atoms with Gasteiger partial charge in [-0.25, -0.2) is 0 Å². The van der Waals surface area contributed by atoms with Gasteiger partial charge in [-0.1, -0.05) is 0 Å². The first kappa shape index (κ1) is 10.2. The van der Waals surface area contributed by atoms with Crippen LogP contribution in [0.4, 0.5) is 0 Å². The summed E-state index contributed by atoms with van der Waals surface area (Å²) in [6.07, 6.45) is 5.44. The van der Waals surface area contributed by atoms with Crippen LogP contribution in [0.25, 0.3) is 5.65 Å². The van der Waals surface area contributed by atoms with Gasteiger partial charge in [0.15, 0.2) is 5.65 Å². The molecule has 0 bridgehead atoms. The summed E-state index contributed by atoms with van der Waals surface area (Å²) in [6.45, 7) is 0.880. The van der Waals surface area contributed by atoms with Crippen LogP contribution in [-0.4, -0.2) is 27.3 Å². The fraction of sp³-hybridized carbons (Fsp3) is 0.455. The summed E-state index contributed by atoms with van der Waals surface area (Å²) >= 11 is 3.46. The lowest BCUT2D eigenvalue weighted by atomic mass is 10.2. The number of aromatic nitrogens is 3. The Morgan fingerprint density at radius 2 is 2.38 bits per heavy atom. The van der Waals surface area contributed by atoms with Crippen LogP contribution in [0, 0.1) is 0 Å². The highest BCUT2D eigenvalue weighted by Gasteiger charge is 2.18. The monoisotopic (exact) mass is 281 g/mol. The molecule has 0 radical (unpaired) electrons. The normalized spacial score (nSPS) is 20.7. The van der Waals surface area contributed by atoms with E-state index < -0.39 is 0 Å². The molecule has 2 aromatic rings. The maximum absolute atomic E-state index is 5.61. The van der Waals surface area contributed by atoms with Crippen molar-refractivity contribution in [1.82, 2.24) is 14.6 Å². The van der Waals surface area contributed by atoms with Crippen molar-refractivity contribution in [2.24, 2.45) is 0 Å². The minimum absolute atomic E-state index is 0.311. The van der Waals surface area contributed by atoms with Crippen LogP contribution >= 0.6 is 15.9 Å². The van der Waals surface area contributed by atoms with Crippen molar-refractivity contribution in [3.05, 3.63) is 28.6 Å². The van der Waals surface area contributed by atoms with E-state index in [0.29, 0.717) is 6.10 Å². The van der Waals surface area contributed by atoms with Crippen molar-refractivity contribution in [3.63, 3.8) is 0 Å². The predicted octanol–water partition coefficient (Wildman–Crippen LogP) is 2.21. The Labute approximate surface area is 102 Å². The molecule has 3 rings (SSSR count). The number of ether oxygens (including phenoxy) is 1. The van der Waals surface area contributed by atoms with Gasteiger partial charge in [-0.15, -0.1) is 10.2 Å². The highest BCUT2D eigenvalue weighted by Crippen LogP contribution is 2.18. The van der Waals surface area contributed by atoms with E-state index in [9.17, 15) is 0 Å². The fourth-order valence-corrected chi connectivity index (χ4v) is 2.40. The first-order chi connectivity index (χ1) is 7.83. The summed E-state index contributed by atoms with van der Waals surface area (Å²) in [7, 11) is 0. The average molecular weight is 282 g/mol. The van der Waals surface area contributed by atoms with E-state index in [1.165, 1.54) is 0 Å². The minimum Gasteiger partial charge on any atom is -0.378 e. The molecule has 3 heterocycles. The van der Waals surface area contributed by atoms with Crippen LogP contribution in [0.2, 0.25) is 0 Å². The molecule has 16 heavy (non-hydrogen) atoms. The number of pyridine rings is 1. The zero-order chi connectivity index (χ0) is 11.0. The van der Waals surface area contributed by atoms with Crippen molar-refractivity contribution >= 4 is 21.6 Å². The van der Waals surface area contributed by atoms with Gasteiger partial charge >= 0.3 is 0 Å². The number of hydrogen-bond acceptors (Lipinski definition) is 3. The highest BCUT2D eigenvalue weighted by atomic mass is 79.9. The maximum Gasteiger partial charge on any atom is 0.160 e. The van der Waals surface area contributed by atoms with Gasteiger partial charge in [0.25, 0.3) is 0 Å². The predicted molar refractivity (Wildman–Crippen MR) is 63.4 cm³/mol. The summed E-state index contributed by atoms with van der Waals surface area (Å²) in [4.78, 5) is 0. The summed E-state index contributed by atoms with van der Waals surface area (Å²) in [6, 6.07) is 3.93. The second-order valence-electron chi connectivity index (χ2n) is 4.03. The van der Waals surface area contributed by atoms with Crippen molar-refractivity contribution in [2.75, 3.05) is 6.61 Å².